The fourth-order valence-corrected chi connectivity index (χ4v) is 5.34. The van der Waals surface area contributed by atoms with Crippen LogP contribution in [-0.4, -0.2) is 71.7 Å². The Morgan fingerprint density at radius 1 is 1.19 bits per heavy atom. The molecule has 1 atom stereocenters. The molecule has 0 aliphatic carbocycles. The summed E-state index contributed by atoms with van der Waals surface area (Å²) in [5.74, 6) is -2.46. The second-order valence-corrected chi connectivity index (χ2v) is 11.4. The number of ketones is 1. The van der Waals surface area contributed by atoms with Gasteiger partial charge in [0.15, 0.2) is 11.9 Å². The number of aliphatic carboxylic acids is 1. The minimum absolute atomic E-state index is 0.00808. The first-order valence-electron chi connectivity index (χ1n) is 13.7. The van der Waals surface area contributed by atoms with E-state index in [1.807, 2.05) is 20.8 Å². The number of amidine groups is 1. The summed E-state index contributed by atoms with van der Waals surface area (Å²) in [6, 6.07) is 3.76. The fraction of sp³-hybridized carbons (Fsp3) is 0.400. The molecule has 2 aliphatic heterocycles. The summed E-state index contributed by atoms with van der Waals surface area (Å²) in [4.78, 5) is 65.7. The van der Waals surface area contributed by atoms with Crippen molar-refractivity contribution in [3.63, 3.8) is 0 Å². The molecule has 0 spiro atoms. The third-order valence-electron chi connectivity index (χ3n) is 7.42. The zero-order chi connectivity index (χ0) is 32.0. The van der Waals surface area contributed by atoms with Crippen molar-refractivity contribution in [2.75, 3.05) is 25.1 Å². The van der Waals surface area contributed by atoms with Crippen LogP contribution in [0.25, 0.3) is 0 Å². The van der Waals surface area contributed by atoms with E-state index in [1.165, 1.54) is 7.05 Å². The highest BCUT2D eigenvalue weighted by atomic mass is 16.5. The number of nitrogens with zero attached hydrogens (tertiary/aromatic N) is 2. The van der Waals surface area contributed by atoms with Crippen molar-refractivity contribution in [1.29, 1.82) is 5.41 Å². The number of Topliss-reactive ketones (excluding diaryl/α,β-unsaturated/α-hetero) is 1. The van der Waals surface area contributed by atoms with E-state index >= 15 is 0 Å². The Kier molecular flexibility index (Phi) is 8.21. The number of carbonyl (C=O) groups excluding carboxylic acids is 4. The zero-order valence-electron chi connectivity index (χ0n) is 24.9. The van der Waals surface area contributed by atoms with E-state index in [4.69, 9.17) is 20.6 Å². The van der Waals surface area contributed by atoms with Gasteiger partial charge in [0.25, 0.3) is 11.8 Å². The number of fused-ring (bicyclic) bond motifs is 2. The van der Waals surface area contributed by atoms with Crippen LogP contribution in [0.1, 0.15) is 77.1 Å². The van der Waals surface area contributed by atoms with Crippen molar-refractivity contribution in [1.82, 2.24) is 10.2 Å². The Balaban J connectivity index is 1.76. The smallest absolute Gasteiger partial charge is 0.326 e. The number of ether oxygens (including phenoxy) is 2. The van der Waals surface area contributed by atoms with Gasteiger partial charge in [-0.05, 0) is 48.6 Å². The molecule has 0 radical (unpaired) electrons. The van der Waals surface area contributed by atoms with Crippen LogP contribution in [0.15, 0.2) is 18.2 Å². The zero-order valence-corrected chi connectivity index (χ0v) is 24.9. The SMILES string of the molecule is CCOc1cc2c(cc1C(=O)NC)C(=N)N(CC(=O)c1cc(C(C)(C)C)c3c(c1C)N(C(N)=O)C(=O)C(CC(=O)O)O3)C2. The molecule has 43 heavy (non-hydrogen) atoms. The van der Waals surface area contributed by atoms with Gasteiger partial charge in [0.1, 0.15) is 17.3 Å². The summed E-state index contributed by atoms with van der Waals surface area (Å²) in [6.45, 7) is 9.22. The molecule has 5 N–H and O–H groups in total. The minimum Gasteiger partial charge on any atom is -0.493 e. The quantitative estimate of drug-likeness (QED) is 0.333. The lowest BCUT2D eigenvalue weighted by molar-refractivity contribution is -0.142. The van der Waals surface area contributed by atoms with Gasteiger partial charge in [0, 0.05) is 30.3 Å². The van der Waals surface area contributed by atoms with Gasteiger partial charge in [-0.2, -0.15) is 0 Å². The lowest BCUT2D eigenvalue weighted by Gasteiger charge is -2.37. The largest absolute Gasteiger partial charge is 0.493 e. The summed E-state index contributed by atoms with van der Waals surface area (Å²) in [5, 5.41) is 20.7. The number of hydrogen-bond donors (Lipinski definition) is 4. The molecule has 2 heterocycles. The van der Waals surface area contributed by atoms with Gasteiger partial charge in [0.05, 0.1) is 30.8 Å². The topological polar surface area (TPSA) is 192 Å². The molecule has 0 bridgehead atoms. The number of carboxylic acids is 1. The second-order valence-electron chi connectivity index (χ2n) is 11.4. The number of hydrogen-bond acceptors (Lipinski definition) is 8. The highest BCUT2D eigenvalue weighted by Crippen LogP contribution is 2.46. The molecule has 2 aliphatic rings. The molecule has 13 nitrogen and oxygen atoms in total. The molecule has 0 aromatic heterocycles. The molecule has 0 saturated carbocycles. The average molecular weight is 594 g/mol. The van der Waals surface area contributed by atoms with E-state index in [9.17, 15) is 29.1 Å². The van der Waals surface area contributed by atoms with Crippen LogP contribution in [0, 0.1) is 12.3 Å². The lowest BCUT2D eigenvalue weighted by atomic mass is 9.82. The maximum absolute atomic E-state index is 13.9. The highest BCUT2D eigenvalue weighted by molar-refractivity contribution is 6.19. The number of urea groups is 1. The molecular formula is C30H35N5O8. The third-order valence-corrected chi connectivity index (χ3v) is 7.42. The number of primary amides is 1. The van der Waals surface area contributed by atoms with Gasteiger partial charge < -0.3 is 30.5 Å². The number of nitrogens with one attached hydrogen (secondary N) is 2. The van der Waals surface area contributed by atoms with Crippen LogP contribution in [0.5, 0.6) is 11.5 Å². The number of carbonyl (C=O) groups is 5. The van der Waals surface area contributed by atoms with Gasteiger partial charge in [-0.3, -0.25) is 24.6 Å². The summed E-state index contributed by atoms with van der Waals surface area (Å²) < 4.78 is 11.5. The molecule has 4 amide bonds. The summed E-state index contributed by atoms with van der Waals surface area (Å²) in [5.41, 5.74) is 7.33. The Morgan fingerprint density at radius 3 is 2.42 bits per heavy atom. The number of benzene rings is 2. The molecule has 0 fully saturated rings. The maximum atomic E-state index is 13.9. The van der Waals surface area contributed by atoms with E-state index < -0.39 is 41.6 Å². The van der Waals surface area contributed by atoms with Gasteiger partial charge in [0.2, 0.25) is 0 Å². The predicted molar refractivity (Wildman–Crippen MR) is 156 cm³/mol. The van der Waals surface area contributed by atoms with Crippen molar-refractivity contribution in [3.05, 3.63) is 51.6 Å². The number of imide groups is 1. The predicted octanol–water partition coefficient (Wildman–Crippen LogP) is 2.72. The Bertz CT molecular complexity index is 1580. The lowest BCUT2D eigenvalue weighted by Crippen LogP contribution is -2.52. The molecule has 13 heteroatoms. The summed E-state index contributed by atoms with van der Waals surface area (Å²) in [6.07, 6.45) is -2.17. The van der Waals surface area contributed by atoms with E-state index in [1.54, 1.807) is 36.9 Å². The van der Waals surface area contributed by atoms with E-state index in [-0.39, 0.29) is 53.0 Å². The normalized spacial score (nSPS) is 15.9. The van der Waals surface area contributed by atoms with Crippen LogP contribution in [0.2, 0.25) is 0 Å². The fourth-order valence-electron chi connectivity index (χ4n) is 5.34. The van der Waals surface area contributed by atoms with Crippen LogP contribution in [-0.2, 0) is 21.5 Å². The van der Waals surface area contributed by atoms with Crippen LogP contribution >= 0.6 is 0 Å². The number of carboxylic acid groups (broad SMARTS) is 1. The molecule has 4 rings (SSSR count). The van der Waals surface area contributed by atoms with Gasteiger partial charge >= 0.3 is 12.0 Å². The van der Waals surface area contributed by atoms with Gasteiger partial charge in [-0.25, -0.2) is 9.69 Å². The Morgan fingerprint density at radius 2 is 1.86 bits per heavy atom. The van der Waals surface area contributed by atoms with Crippen molar-refractivity contribution in [2.45, 2.75) is 59.1 Å². The summed E-state index contributed by atoms with van der Waals surface area (Å²) in [7, 11) is 1.50. The van der Waals surface area contributed by atoms with Crippen molar-refractivity contribution in [2.24, 2.45) is 5.73 Å². The first-order chi connectivity index (χ1) is 20.1. The van der Waals surface area contributed by atoms with Crippen molar-refractivity contribution in [3.8, 4) is 11.5 Å². The molecular weight excluding hydrogens is 558 g/mol. The van der Waals surface area contributed by atoms with Crippen LogP contribution in [0.3, 0.4) is 0 Å². The Labute approximate surface area is 248 Å². The molecule has 2 aromatic rings. The number of nitrogens with two attached hydrogens (primary N) is 1. The van der Waals surface area contributed by atoms with Crippen molar-refractivity contribution < 1.29 is 38.6 Å². The third kappa shape index (κ3) is 5.62. The first kappa shape index (κ1) is 31.0. The minimum atomic E-state index is -1.48. The van der Waals surface area contributed by atoms with Gasteiger partial charge in [-0.1, -0.05) is 20.8 Å². The Hall–Kier alpha value is -4.94. The van der Waals surface area contributed by atoms with E-state index in [2.05, 4.69) is 5.32 Å². The number of amides is 4. The molecule has 2 aromatic carbocycles. The highest BCUT2D eigenvalue weighted by Gasteiger charge is 2.43. The molecule has 0 saturated heterocycles. The second kappa shape index (κ2) is 11.4. The summed E-state index contributed by atoms with van der Waals surface area (Å²) >= 11 is 0. The van der Waals surface area contributed by atoms with E-state index in [0.29, 0.717) is 28.4 Å². The van der Waals surface area contributed by atoms with Crippen molar-refractivity contribution >= 4 is 41.1 Å². The molecule has 1 unspecified atom stereocenters. The van der Waals surface area contributed by atoms with Gasteiger partial charge in [-0.15, -0.1) is 0 Å². The monoisotopic (exact) mass is 593 g/mol. The first-order valence-corrected chi connectivity index (χ1v) is 13.7. The number of rotatable bonds is 8. The standard InChI is InChI=1S/C30H35N5O8/c1-7-42-21-8-15-12-34(26(31)17(15)9-18(21)27(39)33-6)13-20(36)16-10-19(30(3,4)5)25-24(14(16)2)35(29(32)41)28(40)22(43-25)11-23(37)38/h8-10,22,31H,7,11-13H2,1-6H3,(H2,32,41)(H,33,39)(H,37,38). The van der Waals surface area contributed by atoms with Crippen LogP contribution in [0.4, 0.5) is 10.5 Å². The molecule has 228 valence electrons. The average Bonchev–Trinajstić information content (AvgIpc) is 3.21. The maximum Gasteiger partial charge on any atom is 0.326 e. The number of anilines is 1. The van der Waals surface area contributed by atoms with Crippen LogP contribution < -0.4 is 25.4 Å². The van der Waals surface area contributed by atoms with E-state index in [0.717, 1.165) is 5.56 Å².